The molecule has 0 saturated carbocycles. The van der Waals surface area contributed by atoms with E-state index in [-0.39, 0.29) is 25.7 Å². The second-order valence-corrected chi connectivity index (χ2v) is 28.2. The zero-order valence-corrected chi connectivity index (χ0v) is 58.1. The van der Waals surface area contributed by atoms with Gasteiger partial charge in [-0.2, -0.15) is 0 Å². The van der Waals surface area contributed by atoms with Crippen molar-refractivity contribution in [2.75, 3.05) is 39.6 Å². The molecule has 0 fully saturated rings. The molecule has 516 valence electrons. The van der Waals surface area contributed by atoms with Gasteiger partial charge in [-0.05, 0) is 37.5 Å². The third kappa shape index (κ3) is 61.3. The fraction of sp³-hybridized carbons (Fsp3) is 0.941. The number of esters is 4. The number of rotatable bonds is 67. The van der Waals surface area contributed by atoms with Crippen LogP contribution in [-0.4, -0.2) is 96.7 Å². The summed E-state index contributed by atoms with van der Waals surface area (Å²) < 4.78 is 68.1. The van der Waals surface area contributed by atoms with Crippen LogP contribution in [0.3, 0.4) is 0 Å². The SMILES string of the molecule is CCCCCCCCCCCCCCCCCC(=O)O[C@H](COC(=O)CCCCCCCCCCCCC(C)CC)COP(=O)(O)OC[C@@H](O)COP(=O)(O)OC[C@@H](COC(=O)CCCCCCCCC)OC(=O)CCCCCCCCCCC(C)C. The van der Waals surface area contributed by atoms with Gasteiger partial charge in [0.2, 0.25) is 0 Å². The van der Waals surface area contributed by atoms with Crippen LogP contribution in [0.15, 0.2) is 0 Å². The number of carbonyl (C=O) groups is 4. The number of aliphatic hydroxyl groups excluding tert-OH is 1. The molecule has 0 rings (SSSR count). The molecule has 17 nitrogen and oxygen atoms in total. The molecule has 0 aliphatic heterocycles. The lowest BCUT2D eigenvalue weighted by Crippen LogP contribution is -2.30. The van der Waals surface area contributed by atoms with E-state index in [1.165, 1.54) is 148 Å². The van der Waals surface area contributed by atoms with E-state index in [4.69, 9.17) is 37.0 Å². The number of ether oxygens (including phenoxy) is 4. The van der Waals surface area contributed by atoms with Gasteiger partial charge >= 0.3 is 39.5 Å². The highest BCUT2D eigenvalue weighted by atomic mass is 31.2. The predicted octanol–water partition coefficient (Wildman–Crippen LogP) is 19.2. The van der Waals surface area contributed by atoms with Gasteiger partial charge in [0.1, 0.15) is 19.3 Å². The zero-order chi connectivity index (χ0) is 64.3. The molecule has 0 aromatic rings. The lowest BCUT2D eigenvalue weighted by atomic mass is 9.99. The Morgan fingerprint density at radius 2 is 0.586 bits per heavy atom. The van der Waals surface area contributed by atoms with E-state index in [1.807, 2.05) is 0 Å². The van der Waals surface area contributed by atoms with E-state index >= 15 is 0 Å². The van der Waals surface area contributed by atoms with Crippen LogP contribution in [-0.2, 0) is 65.4 Å². The summed E-state index contributed by atoms with van der Waals surface area (Å²) in [5, 5.41) is 10.6. The van der Waals surface area contributed by atoms with Crippen molar-refractivity contribution in [2.24, 2.45) is 11.8 Å². The standard InChI is InChI=1S/C68H132O17P2/c1-7-10-12-14-16-17-18-19-20-21-22-27-34-40-46-52-67(72)84-64(57-79-66(71)51-45-39-33-26-24-23-25-32-37-43-49-61(6)9-3)59-83-87(76,77)81-55-62(69)54-80-86(74,75)82-58-63(56-78-65(70)50-44-38-30-15-13-11-8-2)85-68(73)53-47-41-35-29-28-31-36-42-48-60(4)5/h60-64,69H,7-59H2,1-6H3,(H,74,75)(H,76,77)/t61?,62-,63+,64+/m0/s1. The molecule has 0 radical (unpaired) electrons. The highest BCUT2D eigenvalue weighted by Gasteiger charge is 2.30. The zero-order valence-electron chi connectivity index (χ0n) is 56.3. The van der Waals surface area contributed by atoms with E-state index in [9.17, 15) is 43.2 Å². The van der Waals surface area contributed by atoms with Crippen LogP contribution in [0.4, 0.5) is 0 Å². The van der Waals surface area contributed by atoms with Gasteiger partial charge in [-0.1, -0.05) is 292 Å². The summed E-state index contributed by atoms with van der Waals surface area (Å²) in [6.45, 7) is 9.48. The van der Waals surface area contributed by atoms with E-state index in [0.29, 0.717) is 25.7 Å². The minimum Gasteiger partial charge on any atom is -0.462 e. The van der Waals surface area contributed by atoms with E-state index in [1.54, 1.807) is 0 Å². The number of hydrogen-bond donors (Lipinski definition) is 3. The normalized spacial score (nSPS) is 14.5. The van der Waals surface area contributed by atoms with Gasteiger partial charge in [-0.25, -0.2) is 9.13 Å². The van der Waals surface area contributed by atoms with Crippen molar-refractivity contribution in [2.45, 2.75) is 362 Å². The first kappa shape index (κ1) is 85.1. The number of hydrogen-bond acceptors (Lipinski definition) is 15. The van der Waals surface area contributed by atoms with Crippen molar-refractivity contribution in [1.29, 1.82) is 0 Å². The van der Waals surface area contributed by atoms with Crippen molar-refractivity contribution < 1.29 is 80.2 Å². The maximum atomic E-state index is 13.0. The minimum absolute atomic E-state index is 0.104. The molecular formula is C68H132O17P2. The van der Waals surface area contributed by atoms with E-state index in [2.05, 4.69) is 41.5 Å². The first-order valence-corrected chi connectivity index (χ1v) is 38.5. The molecule has 19 heteroatoms. The fourth-order valence-electron chi connectivity index (χ4n) is 10.2. The number of phosphoric ester groups is 2. The van der Waals surface area contributed by atoms with Crippen molar-refractivity contribution in [3.63, 3.8) is 0 Å². The molecule has 0 heterocycles. The van der Waals surface area contributed by atoms with Crippen LogP contribution in [0, 0.1) is 11.8 Å². The maximum Gasteiger partial charge on any atom is 0.472 e. The van der Waals surface area contributed by atoms with Gasteiger partial charge in [0.25, 0.3) is 0 Å². The summed E-state index contributed by atoms with van der Waals surface area (Å²) in [4.78, 5) is 72.3. The maximum absolute atomic E-state index is 13.0. The van der Waals surface area contributed by atoms with Crippen LogP contribution in [0.1, 0.15) is 343 Å². The number of carbonyl (C=O) groups excluding carboxylic acids is 4. The Balaban J connectivity index is 5.22. The molecule has 0 spiro atoms. The van der Waals surface area contributed by atoms with Gasteiger partial charge in [-0.3, -0.25) is 37.3 Å². The van der Waals surface area contributed by atoms with Crippen molar-refractivity contribution in [3.8, 4) is 0 Å². The Labute approximate surface area is 530 Å². The quantitative estimate of drug-likeness (QED) is 0.0222. The number of unbranched alkanes of at least 4 members (excludes halogenated alkanes) is 36. The van der Waals surface area contributed by atoms with E-state index < -0.39 is 97.5 Å². The van der Waals surface area contributed by atoms with Crippen LogP contribution in [0.25, 0.3) is 0 Å². The molecule has 0 amide bonds. The lowest BCUT2D eigenvalue weighted by molar-refractivity contribution is -0.161. The van der Waals surface area contributed by atoms with Gasteiger partial charge in [0, 0.05) is 25.7 Å². The third-order valence-corrected chi connectivity index (χ3v) is 18.0. The molecule has 0 aromatic heterocycles. The largest absolute Gasteiger partial charge is 0.472 e. The summed E-state index contributed by atoms with van der Waals surface area (Å²) in [6, 6.07) is 0. The number of aliphatic hydroxyl groups is 1. The lowest BCUT2D eigenvalue weighted by Gasteiger charge is -2.21. The van der Waals surface area contributed by atoms with Crippen LogP contribution in [0.5, 0.6) is 0 Å². The summed E-state index contributed by atoms with van der Waals surface area (Å²) in [5.41, 5.74) is 0. The van der Waals surface area contributed by atoms with Crippen LogP contribution < -0.4 is 0 Å². The highest BCUT2D eigenvalue weighted by molar-refractivity contribution is 7.47. The highest BCUT2D eigenvalue weighted by Crippen LogP contribution is 2.45. The molecule has 6 atom stereocenters. The Kier molecular flexibility index (Phi) is 59.0. The van der Waals surface area contributed by atoms with Crippen molar-refractivity contribution >= 4 is 39.5 Å². The molecule has 0 aliphatic rings. The topological polar surface area (TPSA) is 237 Å². The Hall–Kier alpha value is -1.94. The number of phosphoric acid groups is 2. The molecule has 0 saturated heterocycles. The van der Waals surface area contributed by atoms with Crippen molar-refractivity contribution in [1.82, 2.24) is 0 Å². The summed E-state index contributed by atoms with van der Waals surface area (Å²) in [7, 11) is -9.89. The summed E-state index contributed by atoms with van der Waals surface area (Å²) in [5.74, 6) is -0.603. The molecule has 0 aliphatic carbocycles. The van der Waals surface area contributed by atoms with E-state index in [0.717, 1.165) is 115 Å². The molecule has 0 aromatic carbocycles. The first-order chi connectivity index (χ1) is 41.9. The molecule has 3 unspecified atom stereocenters. The van der Waals surface area contributed by atoms with Crippen LogP contribution >= 0.6 is 15.6 Å². The van der Waals surface area contributed by atoms with Crippen LogP contribution in [0.2, 0.25) is 0 Å². The van der Waals surface area contributed by atoms with Gasteiger partial charge in [-0.15, -0.1) is 0 Å². The van der Waals surface area contributed by atoms with Gasteiger partial charge in [0.15, 0.2) is 12.2 Å². The smallest absolute Gasteiger partial charge is 0.462 e. The second kappa shape index (κ2) is 60.3. The predicted molar refractivity (Wildman–Crippen MR) is 349 cm³/mol. The summed E-state index contributed by atoms with van der Waals surface area (Å²) in [6.07, 6.45) is 44.5. The Morgan fingerprint density at radius 1 is 0.333 bits per heavy atom. The monoisotopic (exact) mass is 1280 g/mol. The molecular weight excluding hydrogens is 1150 g/mol. The Morgan fingerprint density at radius 3 is 0.874 bits per heavy atom. The minimum atomic E-state index is -4.95. The van der Waals surface area contributed by atoms with Gasteiger partial charge < -0.3 is 33.8 Å². The molecule has 87 heavy (non-hydrogen) atoms. The fourth-order valence-corrected chi connectivity index (χ4v) is 11.8. The first-order valence-electron chi connectivity index (χ1n) is 35.5. The van der Waals surface area contributed by atoms with Crippen molar-refractivity contribution in [3.05, 3.63) is 0 Å². The Bertz CT molecular complexity index is 1700. The molecule has 0 bridgehead atoms. The third-order valence-electron chi connectivity index (χ3n) is 16.1. The summed E-state index contributed by atoms with van der Waals surface area (Å²) >= 11 is 0. The second-order valence-electron chi connectivity index (χ2n) is 25.3. The average Bonchev–Trinajstić information content (AvgIpc) is 3.64. The molecule has 3 N–H and O–H groups in total. The van der Waals surface area contributed by atoms with Gasteiger partial charge in [0.05, 0.1) is 26.4 Å². The average molecular weight is 1280 g/mol.